The van der Waals surface area contributed by atoms with Crippen molar-refractivity contribution in [2.45, 2.75) is 12.1 Å². The van der Waals surface area contributed by atoms with E-state index < -0.39 is 19.0 Å². The van der Waals surface area contributed by atoms with Gasteiger partial charge in [0.2, 0.25) is 0 Å². The van der Waals surface area contributed by atoms with E-state index in [-0.39, 0.29) is 6.42 Å². The molecule has 0 aliphatic carbocycles. The molecule has 0 aliphatic heterocycles. The van der Waals surface area contributed by atoms with E-state index in [0.29, 0.717) is 10.9 Å². The molecule has 4 aromatic carbocycles. The van der Waals surface area contributed by atoms with Crippen LogP contribution in [0.5, 0.6) is 0 Å². The minimum Gasteiger partial charge on any atom is -0.324 e. The summed E-state index contributed by atoms with van der Waals surface area (Å²) in [6.07, 6.45) is 1.62. The Morgan fingerprint density at radius 2 is 1.48 bits per heavy atom. The number of carbonyl (C=O) groups excluding carboxylic acids is 1. The molecule has 5 rings (SSSR count). The lowest BCUT2D eigenvalue weighted by atomic mass is 9.99. The molecule has 1 unspecified atom stereocenters. The number of para-hydroxylation sites is 2. The van der Waals surface area contributed by atoms with Gasteiger partial charge in [-0.3, -0.25) is 9.36 Å². The van der Waals surface area contributed by atoms with E-state index in [9.17, 15) is 19.1 Å². The highest BCUT2D eigenvalue weighted by molar-refractivity contribution is 7.53. The quantitative estimate of drug-likeness (QED) is 0.317. The topological polar surface area (TPSA) is 79.5 Å². The molecule has 5 aromatic rings. The van der Waals surface area contributed by atoms with Crippen molar-refractivity contribution in [1.29, 1.82) is 0 Å². The number of aromatic nitrogens is 1. The van der Waals surface area contributed by atoms with E-state index in [1.54, 1.807) is 12.3 Å². The second kappa shape index (κ2) is 8.45. The van der Waals surface area contributed by atoms with E-state index in [4.69, 9.17) is 0 Å². The van der Waals surface area contributed by atoms with Crippen molar-refractivity contribution >= 4 is 35.1 Å². The van der Waals surface area contributed by atoms with Crippen LogP contribution in [-0.2, 0) is 15.8 Å². The highest BCUT2D eigenvalue weighted by Crippen LogP contribution is 2.54. The van der Waals surface area contributed by atoms with Gasteiger partial charge in [-0.05, 0) is 34.5 Å². The molecular formula is C27H22NO4P. The minimum absolute atomic E-state index is 0.0640. The SMILES string of the molecule is O=C(Cc1ccc2ccccc2c1)C(c1cn(-c2ccccc2)c2ccccc12)P(=O)(O)O. The van der Waals surface area contributed by atoms with E-state index in [0.717, 1.165) is 27.5 Å². The molecule has 0 spiro atoms. The van der Waals surface area contributed by atoms with Crippen molar-refractivity contribution in [3.63, 3.8) is 0 Å². The Morgan fingerprint density at radius 1 is 0.818 bits per heavy atom. The van der Waals surface area contributed by atoms with Gasteiger partial charge in [-0.15, -0.1) is 0 Å². The first-order valence-electron chi connectivity index (χ1n) is 10.6. The number of ketones is 1. The molecule has 164 valence electrons. The maximum Gasteiger partial charge on any atom is 0.340 e. The van der Waals surface area contributed by atoms with E-state index in [2.05, 4.69) is 0 Å². The highest BCUT2D eigenvalue weighted by Gasteiger charge is 2.39. The van der Waals surface area contributed by atoms with Crippen LogP contribution < -0.4 is 0 Å². The lowest BCUT2D eigenvalue weighted by Crippen LogP contribution is -2.15. The number of fused-ring (bicyclic) bond motifs is 2. The van der Waals surface area contributed by atoms with Gasteiger partial charge in [0.15, 0.2) is 5.78 Å². The standard InChI is InChI=1S/C27H22NO4P/c29-26(17-19-14-15-20-8-4-5-9-21(20)16-19)27(33(30,31)32)24-18-28(22-10-2-1-3-11-22)25-13-7-6-12-23(24)25/h1-16,18,27H,17H2,(H2,30,31,32). The third kappa shape index (κ3) is 4.14. The molecule has 0 bridgehead atoms. The first-order chi connectivity index (χ1) is 15.9. The fourth-order valence-corrected chi connectivity index (χ4v) is 5.45. The van der Waals surface area contributed by atoms with Crippen LogP contribution in [0.2, 0.25) is 0 Å². The van der Waals surface area contributed by atoms with Crippen LogP contribution in [0.3, 0.4) is 0 Å². The Kier molecular flexibility index (Phi) is 5.47. The first kappa shape index (κ1) is 21.4. The van der Waals surface area contributed by atoms with Crippen molar-refractivity contribution < 1.29 is 19.1 Å². The Hall–Kier alpha value is -3.50. The summed E-state index contributed by atoms with van der Waals surface area (Å²) in [5.41, 5.74) is 1.17. The summed E-state index contributed by atoms with van der Waals surface area (Å²) in [4.78, 5) is 33.9. The second-order valence-electron chi connectivity index (χ2n) is 8.12. The molecule has 0 aliphatic rings. The molecule has 2 N–H and O–H groups in total. The van der Waals surface area contributed by atoms with Gasteiger partial charge >= 0.3 is 7.60 Å². The molecule has 6 heteroatoms. The highest BCUT2D eigenvalue weighted by atomic mass is 31.2. The average molecular weight is 455 g/mol. The fraction of sp³-hybridized carbons (Fsp3) is 0.0741. The molecule has 33 heavy (non-hydrogen) atoms. The van der Waals surface area contributed by atoms with Crippen molar-refractivity contribution in [3.8, 4) is 5.69 Å². The van der Waals surface area contributed by atoms with Gasteiger partial charge in [0, 0.05) is 29.3 Å². The van der Waals surface area contributed by atoms with Crippen LogP contribution in [-0.4, -0.2) is 20.1 Å². The molecule has 1 atom stereocenters. The van der Waals surface area contributed by atoms with Crippen LogP contribution in [0.25, 0.3) is 27.4 Å². The fourth-order valence-electron chi connectivity index (χ4n) is 4.41. The lowest BCUT2D eigenvalue weighted by Gasteiger charge is -2.17. The number of nitrogens with zero attached hydrogens (tertiary/aromatic N) is 1. The summed E-state index contributed by atoms with van der Waals surface area (Å²) in [5, 5.41) is 2.68. The van der Waals surface area contributed by atoms with Crippen molar-refractivity contribution in [2.75, 3.05) is 0 Å². The summed E-state index contributed by atoms with van der Waals surface area (Å²) in [5.74, 6) is -0.505. The predicted molar refractivity (Wildman–Crippen MR) is 131 cm³/mol. The number of Topliss-reactive ketones (excluding diaryl/α,β-unsaturated/α-hetero) is 1. The summed E-state index contributed by atoms with van der Waals surface area (Å²) in [6, 6.07) is 30.4. The molecule has 0 saturated carbocycles. The van der Waals surface area contributed by atoms with Gasteiger partial charge in [-0.1, -0.05) is 78.9 Å². The third-order valence-corrected chi connectivity index (χ3v) is 7.14. The maximum absolute atomic E-state index is 13.4. The van der Waals surface area contributed by atoms with E-state index in [1.807, 2.05) is 95.6 Å². The van der Waals surface area contributed by atoms with Gasteiger partial charge in [-0.2, -0.15) is 0 Å². The zero-order valence-corrected chi connectivity index (χ0v) is 18.6. The van der Waals surface area contributed by atoms with Gasteiger partial charge in [0.25, 0.3) is 0 Å². The van der Waals surface area contributed by atoms with Gasteiger partial charge in [0.1, 0.15) is 5.66 Å². The Bertz CT molecular complexity index is 1520. The second-order valence-corrected chi connectivity index (χ2v) is 9.82. The number of carbonyl (C=O) groups is 1. The van der Waals surface area contributed by atoms with Crippen molar-refractivity contribution in [2.24, 2.45) is 0 Å². The van der Waals surface area contributed by atoms with Crippen LogP contribution in [0.4, 0.5) is 0 Å². The van der Waals surface area contributed by atoms with Crippen LogP contribution >= 0.6 is 7.60 Å². The molecule has 0 radical (unpaired) electrons. The monoisotopic (exact) mass is 455 g/mol. The van der Waals surface area contributed by atoms with Crippen LogP contribution in [0, 0.1) is 0 Å². The third-order valence-electron chi connectivity index (χ3n) is 5.91. The lowest BCUT2D eigenvalue weighted by molar-refractivity contribution is -0.118. The molecule has 0 fully saturated rings. The Balaban J connectivity index is 1.60. The zero-order chi connectivity index (χ0) is 23.0. The smallest absolute Gasteiger partial charge is 0.324 e. The summed E-state index contributed by atoms with van der Waals surface area (Å²) in [7, 11) is -4.78. The predicted octanol–water partition coefficient (Wildman–Crippen LogP) is 5.81. The van der Waals surface area contributed by atoms with Crippen LogP contribution in [0.1, 0.15) is 16.8 Å². The Morgan fingerprint density at radius 3 is 2.24 bits per heavy atom. The first-order valence-corrected chi connectivity index (χ1v) is 12.3. The molecule has 5 nitrogen and oxygen atoms in total. The minimum atomic E-state index is -4.78. The van der Waals surface area contributed by atoms with Gasteiger partial charge < -0.3 is 14.4 Å². The zero-order valence-electron chi connectivity index (χ0n) is 17.7. The molecule has 1 heterocycles. The summed E-state index contributed by atoms with van der Waals surface area (Å²) in [6.45, 7) is 0. The van der Waals surface area contributed by atoms with Crippen molar-refractivity contribution in [3.05, 3.63) is 114 Å². The number of hydrogen-bond donors (Lipinski definition) is 2. The molecule has 0 saturated heterocycles. The largest absolute Gasteiger partial charge is 0.340 e. The number of rotatable bonds is 6. The number of hydrogen-bond acceptors (Lipinski definition) is 2. The normalized spacial score (nSPS) is 12.8. The van der Waals surface area contributed by atoms with Crippen molar-refractivity contribution in [1.82, 2.24) is 4.57 Å². The number of benzene rings is 4. The molecule has 0 amide bonds. The average Bonchev–Trinajstić information content (AvgIpc) is 3.18. The summed E-state index contributed by atoms with van der Waals surface area (Å²) < 4.78 is 14.5. The van der Waals surface area contributed by atoms with Gasteiger partial charge in [-0.25, -0.2) is 0 Å². The van der Waals surface area contributed by atoms with Gasteiger partial charge in [0.05, 0.1) is 5.52 Å². The van der Waals surface area contributed by atoms with E-state index >= 15 is 0 Å². The van der Waals surface area contributed by atoms with E-state index in [1.165, 1.54) is 0 Å². The molecule has 1 aromatic heterocycles. The molecular weight excluding hydrogens is 433 g/mol. The van der Waals surface area contributed by atoms with Crippen LogP contribution in [0.15, 0.2) is 103 Å². The maximum atomic E-state index is 13.4. The Labute approximate surface area is 191 Å². The summed E-state index contributed by atoms with van der Waals surface area (Å²) >= 11 is 0.